The van der Waals surface area contributed by atoms with E-state index in [9.17, 15) is 19.2 Å². The van der Waals surface area contributed by atoms with E-state index in [1.807, 2.05) is 0 Å². The molecule has 0 fully saturated rings. The first-order chi connectivity index (χ1) is 26.3. The minimum absolute atomic E-state index is 0.107. The molecule has 0 radical (unpaired) electrons. The summed E-state index contributed by atoms with van der Waals surface area (Å²) in [5.74, 6) is -2.38. The molecule has 2 amide bonds. The van der Waals surface area contributed by atoms with Crippen molar-refractivity contribution in [1.29, 1.82) is 0 Å². The Bertz CT molecular complexity index is 926. The standard InChI is InChI=1S/C45H84N2O7/c1-3-5-7-9-11-12-13-14-15-16-17-18-19-20-21-22-23-25-27-33-37-44(51)54-40(34-30-26-24-10-8-6-4-2)35-31-28-29-32-36-42(49)46-38-43(50)47-41(39-48)45(52)53/h30,34,40-41,48H,3-29,31-33,35-39H2,1-2H3,(H,46,49)(H,47,50)(H,52,53)/b34-30-. The number of rotatable bonds is 41. The van der Waals surface area contributed by atoms with E-state index in [0.717, 1.165) is 51.4 Å². The van der Waals surface area contributed by atoms with Gasteiger partial charge in [-0.2, -0.15) is 0 Å². The first-order valence-corrected chi connectivity index (χ1v) is 22.6. The second-order valence-electron chi connectivity index (χ2n) is 15.5. The van der Waals surface area contributed by atoms with Crippen molar-refractivity contribution in [1.82, 2.24) is 10.6 Å². The van der Waals surface area contributed by atoms with E-state index in [4.69, 9.17) is 14.9 Å². The van der Waals surface area contributed by atoms with Gasteiger partial charge in [0.05, 0.1) is 13.2 Å². The lowest BCUT2D eigenvalue weighted by Crippen LogP contribution is -2.47. The maximum absolute atomic E-state index is 12.7. The van der Waals surface area contributed by atoms with E-state index in [1.165, 1.54) is 141 Å². The van der Waals surface area contributed by atoms with Crippen LogP contribution < -0.4 is 10.6 Å². The number of amides is 2. The zero-order valence-electron chi connectivity index (χ0n) is 35.0. The average Bonchev–Trinajstić information content (AvgIpc) is 3.15. The third kappa shape index (κ3) is 36.6. The van der Waals surface area contributed by atoms with Gasteiger partial charge >= 0.3 is 11.9 Å². The molecule has 316 valence electrons. The van der Waals surface area contributed by atoms with Crippen LogP contribution in [0.2, 0.25) is 0 Å². The predicted molar refractivity (Wildman–Crippen MR) is 222 cm³/mol. The lowest BCUT2D eigenvalue weighted by molar-refractivity contribution is -0.147. The molecule has 0 aromatic carbocycles. The number of aliphatic hydroxyl groups excluding tert-OH is 1. The number of hydrogen-bond acceptors (Lipinski definition) is 6. The Morgan fingerprint density at radius 3 is 1.44 bits per heavy atom. The Kier molecular flexibility index (Phi) is 38.4. The smallest absolute Gasteiger partial charge is 0.328 e. The molecule has 0 aliphatic heterocycles. The topological polar surface area (TPSA) is 142 Å². The van der Waals surface area contributed by atoms with Gasteiger partial charge in [0.15, 0.2) is 0 Å². The first kappa shape index (κ1) is 51.6. The molecule has 0 aromatic heterocycles. The van der Waals surface area contributed by atoms with Crippen LogP contribution in [0.1, 0.15) is 226 Å². The molecule has 0 aliphatic carbocycles. The summed E-state index contributed by atoms with van der Waals surface area (Å²) in [5, 5.41) is 22.5. The fraction of sp³-hybridized carbons (Fsp3) is 0.867. The number of hydrogen-bond donors (Lipinski definition) is 4. The van der Waals surface area contributed by atoms with Crippen molar-refractivity contribution < 1.29 is 34.1 Å². The molecule has 0 bridgehead atoms. The molecule has 0 aliphatic rings. The SMILES string of the molecule is CCCCCCC/C=C\C(CCCCCCC(=O)NCC(=O)NC(CO)C(=O)O)OC(=O)CCCCCCCCCCCCCCCCCCCCCC. The van der Waals surface area contributed by atoms with Crippen molar-refractivity contribution in [3.63, 3.8) is 0 Å². The summed E-state index contributed by atoms with van der Waals surface area (Å²) < 4.78 is 5.91. The van der Waals surface area contributed by atoms with Gasteiger partial charge in [-0.3, -0.25) is 14.4 Å². The van der Waals surface area contributed by atoms with Crippen LogP contribution in [0.4, 0.5) is 0 Å². The second kappa shape index (κ2) is 40.2. The van der Waals surface area contributed by atoms with Crippen LogP contribution in [-0.2, 0) is 23.9 Å². The number of esters is 1. The maximum atomic E-state index is 12.7. The van der Waals surface area contributed by atoms with Crippen molar-refractivity contribution in [2.45, 2.75) is 238 Å². The van der Waals surface area contributed by atoms with Crippen molar-refractivity contribution in [2.24, 2.45) is 0 Å². The molecule has 2 atom stereocenters. The zero-order valence-corrected chi connectivity index (χ0v) is 35.0. The minimum atomic E-state index is -1.39. The Morgan fingerprint density at radius 1 is 0.556 bits per heavy atom. The summed E-state index contributed by atoms with van der Waals surface area (Å²) in [4.78, 5) is 47.5. The average molecular weight is 765 g/mol. The summed E-state index contributed by atoms with van der Waals surface area (Å²) in [6.45, 7) is 3.45. The van der Waals surface area contributed by atoms with Crippen LogP contribution in [-0.4, -0.2) is 59.3 Å². The van der Waals surface area contributed by atoms with Gasteiger partial charge in [-0.05, 0) is 44.6 Å². The quantitative estimate of drug-likeness (QED) is 0.0276. The van der Waals surface area contributed by atoms with Crippen molar-refractivity contribution in [2.75, 3.05) is 13.2 Å². The van der Waals surface area contributed by atoms with Gasteiger partial charge in [-0.1, -0.05) is 180 Å². The summed E-state index contributed by atoms with van der Waals surface area (Å²) in [5.41, 5.74) is 0. The van der Waals surface area contributed by atoms with Crippen LogP contribution in [0.25, 0.3) is 0 Å². The molecule has 4 N–H and O–H groups in total. The van der Waals surface area contributed by atoms with Crippen LogP contribution in [0.5, 0.6) is 0 Å². The Hall–Kier alpha value is -2.42. The number of unbranched alkanes of at least 4 members (excludes halogenated alkanes) is 27. The van der Waals surface area contributed by atoms with Crippen LogP contribution >= 0.6 is 0 Å². The lowest BCUT2D eigenvalue weighted by atomic mass is 10.0. The summed E-state index contributed by atoms with van der Waals surface area (Å²) in [7, 11) is 0. The molecule has 0 heterocycles. The van der Waals surface area contributed by atoms with E-state index >= 15 is 0 Å². The predicted octanol–water partition coefficient (Wildman–Crippen LogP) is 11.0. The summed E-state index contributed by atoms with van der Waals surface area (Å²) in [6, 6.07) is -1.39. The van der Waals surface area contributed by atoms with Gasteiger partial charge in [0, 0.05) is 12.8 Å². The highest BCUT2D eigenvalue weighted by Gasteiger charge is 2.18. The van der Waals surface area contributed by atoms with E-state index in [1.54, 1.807) is 0 Å². The monoisotopic (exact) mass is 765 g/mol. The molecular formula is C45H84N2O7. The van der Waals surface area contributed by atoms with Crippen molar-refractivity contribution >= 4 is 23.8 Å². The van der Waals surface area contributed by atoms with Crippen LogP contribution in [0.3, 0.4) is 0 Å². The molecule has 9 nitrogen and oxygen atoms in total. The number of carbonyl (C=O) groups excluding carboxylic acids is 3. The number of carboxylic acid groups (broad SMARTS) is 1. The number of ether oxygens (including phenoxy) is 1. The van der Waals surface area contributed by atoms with Gasteiger partial charge in [0.25, 0.3) is 0 Å². The number of allylic oxidation sites excluding steroid dienone is 1. The fourth-order valence-electron chi connectivity index (χ4n) is 6.74. The fourth-order valence-corrected chi connectivity index (χ4v) is 6.74. The Balaban J connectivity index is 4.08. The molecule has 0 aromatic rings. The van der Waals surface area contributed by atoms with Crippen molar-refractivity contribution in [3.8, 4) is 0 Å². The van der Waals surface area contributed by atoms with Gasteiger partial charge < -0.3 is 25.6 Å². The number of carbonyl (C=O) groups is 4. The molecule has 2 unspecified atom stereocenters. The van der Waals surface area contributed by atoms with Crippen LogP contribution in [0.15, 0.2) is 12.2 Å². The number of nitrogens with one attached hydrogen (secondary N) is 2. The molecule has 0 saturated heterocycles. The minimum Gasteiger partial charge on any atom is -0.480 e. The Labute approximate surface area is 331 Å². The van der Waals surface area contributed by atoms with E-state index < -0.39 is 24.5 Å². The zero-order chi connectivity index (χ0) is 39.7. The van der Waals surface area contributed by atoms with E-state index in [2.05, 4.69) is 36.6 Å². The maximum Gasteiger partial charge on any atom is 0.328 e. The largest absolute Gasteiger partial charge is 0.480 e. The summed E-state index contributed by atoms with van der Waals surface area (Å²) >= 11 is 0. The normalized spacial score (nSPS) is 12.5. The molecule has 9 heteroatoms. The van der Waals surface area contributed by atoms with Gasteiger partial charge in [-0.15, -0.1) is 0 Å². The number of carboxylic acids is 1. The Morgan fingerprint density at radius 2 is 0.981 bits per heavy atom. The van der Waals surface area contributed by atoms with Crippen LogP contribution in [0, 0.1) is 0 Å². The summed E-state index contributed by atoms with van der Waals surface area (Å²) in [6.07, 6.45) is 42.7. The molecule has 0 rings (SSSR count). The van der Waals surface area contributed by atoms with Gasteiger partial charge in [-0.25, -0.2) is 4.79 Å². The van der Waals surface area contributed by atoms with Gasteiger partial charge in [0.2, 0.25) is 11.8 Å². The second-order valence-corrected chi connectivity index (χ2v) is 15.5. The first-order valence-electron chi connectivity index (χ1n) is 22.6. The highest BCUT2D eigenvalue weighted by Crippen LogP contribution is 2.17. The number of aliphatic carboxylic acids is 1. The van der Waals surface area contributed by atoms with Gasteiger partial charge in [0.1, 0.15) is 12.1 Å². The number of aliphatic hydroxyl groups is 1. The molecule has 0 spiro atoms. The molecular weight excluding hydrogens is 681 g/mol. The van der Waals surface area contributed by atoms with E-state index in [-0.39, 0.29) is 30.9 Å². The highest BCUT2D eigenvalue weighted by molar-refractivity contribution is 5.87. The third-order valence-electron chi connectivity index (χ3n) is 10.2. The molecule has 0 saturated carbocycles. The third-order valence-corrected chi connectivity index (χ3v) is 10.2. The van der Waals surface area contributed by atoms with Crippen molar-refractivity contribution in [3.05, 3.63) is 12.2 Å². The lowest BCUT2D eigenvalue weighted by Gasteiger charge is -2.15. The van der Waals surface area contributed by atoms with E-state index in [0.29, 0.717) is 12.8 Å². The highest BCUT2D eigenvalue weighted by atomic mass is 16.5. The molecule has 54 heavy (non-hydrogen) atoms.